The minimum absolute atomic E-state index is 0. The van der Waals surface area contributed by atoms with Gasteiger partial charge in [-0.25, -0.2) is 0 Å². The van der Waals surface area contributed by atoms with Crippen LogP contribution in [0, 0.1) is 20.8 Å². The third-order valence-electron chi connectivity index (χ3n) is 5.00. The van der Waals surface area contributed by atoms with Crippen molar-refractivity contribution in [1.29, 1.82) is 0 Å². The summed E-state index contributed by atoms with van der Waals surface area (Å²) in [5.74, 6) is 0. The van der Waals surface area contributed by atoms with E-state index in [0.717, 1.165) is 0 Å². The van der Waals surface area contributed by atoms with Crippen LogP contribution in [0.1, 0.15) is 24.1 Å². The first-order chi connectivity index (χ1) is 11.6. The highest BCUT2D eigenvalue weighted by Crippen LogP contribution is 2.37. The standard InChI is InChI=1S/C23H22N.CH4/c1-15-13-16(2)22(17(3)14-15)23-18-9-5-7-11-20(18)24(4)21-12-8-6-10-19(21)23;/h5-14H,1-4H3;1H4/q+1;. The first-order valence-electron chi connectivity index (χ1n) is 8.45. The SMILES string of the molecule is C.Cc1cc(C)c(-c2c3ccccc3[n+](C)c3ccccc23)c(C)c1. The van der Waals surface area contributed by atoms with Gasteiger partial charge in [-0.2, -0.15) is 4.57 Å². The van der Waals surface area contributed by atoms with Gasteiger partial charge in [0.15, 0.2) is 0 Å². The molecule has 0 fully saturated rings. The van der Waals surface area contributed by atoms with Crippen molar-refractivity contribution in [3.63, 3.8) is 0 Å². The topological polar surface area (TPSA) is 3.88 Å². The second-order valence-electron chi connectivity index (χ2n) is 6.74. The highest BCUT2D eigenvalue weighted by molar-refractivity contribution is 6.08. The first-order valence-corrected chi connectivity index (χ1v) is 8.45. The average Bonchev–Trinajstić information content (AvgIpc) is 2.57. The molecule has 1 aromatic heterocycles. The summed E-state index contributed by atoms with van der Waals surface area (Å²) < 4.78 is 2.30. The third kappa shape index (κ3) is 2.60. The first kappa shape index (κ1) is 17.2. The predicted molar refractivity (Wildman–Crippen MR) is 109 cm³/mol. The number of nitrogens with zero attached hydrogens (tertiary/aromatic N) is 1. The molecule has 0 unspecified atom stereocenters. The lowest BCUT2D eigenvalue weighted by atomic mass is 9.89. The number of hydrogen-bond acceptors (Lipinski definition) is 0. The minimum Gasteiger partial charge on any atom is -0.194 e. The van der Waals surface area contributed by atoms with Gasteiger partial charge in [0.05, 0.1) is 10.8 Å². The fourth-order valence-corrected chi connectivity index (χ4v) is 4.07. The Labute approximate surface area is 150 Å². The van der Waals surface area contributed by atoms with Crippen LogP contribution in [0.25, 0.3) is 32.9 Å². The van der Waals surface area contributed by atoms with Gasteiger partial charge in [0.25, 0.3) is 0 Å². The Balaban J connectivity index is 0.00000182. The molecule has 3 aromatic carbocycles. The second kappa shape index (κ2) is 6.33. The van der Waals surface area contributed by atoms with Crippen molar-refractivity contribution in [3.05, 3.63) is 77.4 Å². The quantitative estimate of drug-likeness (QED) is 0.296. The largest absolute Gasteiger partial charge is 0.213 e. The van der Waals surface area contributed by atoms with E-state index in [9.17, 15) is 0 Å². The maximum Gasteiger partial charge on any atom is 0.213 e. The summed E-state index contributed by atoms with van der Waals surface area (Å²) in [5, 5.41) is 2.63. The Hall–Kier alpha value is -2.67. The van der Waals surface area contributed by atoms with E-state index < -0.39 is 0 Å². The van der Waals surface area contributed by atoms with Crippen LogP contribution in [0.15, 0.2) is 60.7 Å². The fraction of sp³-hybridized carbons (Fsp3) is 0.208. The van der Waals surface area contributed by atoms with Crippen LogP contribution in [0.3, 0.4) is 0 Å². The van der Waals surface area contributed by atoms with Gasteiger partial charge in [-0.3, -0.25) is 0 Å². The summed E-state index contributed by atoms with van der Waals surface area (Å²) in [4.78, 5) is 0. The van der Waals surface area contributed by atoms with Crippen LogP contribution in [-0.4, -0.2) is 0 Å². The van der Waals surface area contributed by atoms with Crippen molar-refractivity contribution < 1.29 is 4.57 Å². The van der Waals surface area contributed by atoms with Crippen LogP contribution in [-0.2, 0) is 7.05 Å². The predicted octanol–water partition coefficient (Wildman–Crippen LogP) is 6.05. The van der Waals surface area contributed by atoms with E-state index in [0.29, 0.717) is 0 Å². The van der Waals surface area contributed by atoms with Crippen LogP contribution in [0.4, 0.5) is 0 Å². The number of aryl methyl sites for hydroxylation is 4. The summed E-state index contributed by atoms with van der Waals surface area (Å²) in [5.41, 5.74) is 9.27. The molecule has 0 atom stereocenters. The summed E-state index contributed by atoms with van der Waals surface area (Å²) in [7, 11) is 2.16. The van der Waals surface area contributed by atoms with E-state index >= 15 is 0 Å². The fourth-order valence-electron chi connectivity index (χ4n) is 4.07. The van der Waals surface area contributed by atoms with E-state index in [1.54, 1.807) is 0 Å². The normalized spacial score (nSPS) is 10.9. The Kier molecular flexibility index (Phi) is 4.34. The molecular weight excluding hydrogens is 302 g/mol. The Morgan fingerprint density at radius 2 is 1.08 bits per heavy atom. The van der Waals surface area contributed by atoms with Crippen LogP contribution < -0.4 is 4.57 Å². The van der Waals surface area contributed by atoms with E-state index in [1.165, 1.54) is 49.6 Å². The van der Waals surface area contributed by atoms with Crippen molar-refractivity contribution >= 4 is 21.8 Å². The molecule has 4 rings (SSSR count). The van der Waals surface area contributed by atoms with Gasteiger partial charge in [-0.1, -0.05) is 49.4 Å². The lowest BCUT2D eigenvalue weighted by Gasteiger charge is -2.16. The molecule has 1 heteroatoms. The summed E-state index contributed by atoms with van der Waals surface area (Å²) >= 11 is 0. The molecule has 0 aliphatic heterocycles. The molecule has 0 N–H and O–H groups in total. The van der Waals surface area contributed by atoms with Crippen molar-refractivity contribution in [1.82, 2.24) is 0 Å². The molecule has 0 radical (unpaired) electrons. The molecule has 0 saturated carbocycles. The zero-order valence-electron chi connectivity index (χ0n) is 14.7. The van der Waals surface area contributed by atoms with Crippen LogP contribution in [0.5, 0.6) is 0 Å². The van der Waals surface area contributed by atoms with Gasteiger partial charge in [-0.05, 0) is 49.6 Å². The van der Waals surface area contributed by atoms with Gasteiger partial charge in [-0.15, -0.1) is 0 Å². The van der Waals surface area contributed by atoms with E-state index in [-0.39, 0.29) is 7.43 Å². The molecule has 0 spiro atoms. The molecule has 0 bridgehead atoms. The lowest BCUT2D eigenvalue weighted by Crippen LogP contribution is -2.30. The highest BCUT2D eigenvalue weighted by atomic mass is 14.9. The monoisotopic (exact) mass is 328 g/mol. The van der Waals surface area contributed by atoms with Crippen LogP contribution >= 0.6 is 0 Å². The number of rotatable bonds is 1. The number of benzene rings is 3. The lowest BCUT2D eigenvalue weighted by molar-refractivity contribution is -0.617. The summed E-state index contributed by atoms with van der Waals surface area (Å²) in [6.45, 7) is 6.63. The van der Waals surface area contributed by atoms with E-state index in [2.05, 4.69) is 93.0 Å². The third-order valence-corrected chi connectivity index (χ3v) is 5.00. The van der Waals surface area contributed by atoms with Gasteiger partial charge in [0.1, 0.15) is 7.05 Å². The second-order valence-corrected chi connectivity index (χ2v) is 6.74. The molecular formula is C24H26N+. The molecule has 126 valence electrons. The summed E-state index contributed by atoms with van der Waals surface area (Å²) in [6, 6.07) is 22.0. The zero-order chi connectivity index (χ0) is 16.8. The Bertz CT molecular complexity index is 1010. The Morgan fingerprint density at radius 1 is 0.640 bits per heavy atom. The zero-order valence-corrected chi connectivity index (χ0v) is 14.7. The van der Waals surface area contributed by atoms with Crippen molar-refractivity contribution in [2.45, 2.75) is 28.2 Å². The maximum absolute atomic E-state index is 2.30. The minimum atomic E-state index is 0. The molecule has 0 aliphatic carbocycles. The van der Waals surface area contributed by atoms with Crippen molar-refractivity contribution in [3.8, 4) is 11.1 Å². The summed E-state index contributed by atoms with van der Waals surface area (Å²) in [6.07, 6.45) is 0. The number of pyridine rings is 1. The number of hydrogen-bond donors (Lipinski definition) is 0. The van der Waals surface area contributed by atoms with Crippen molar-refractivity contribution in [2.24, 2.45) is 7.05 Å². The van der Waals surface area contributed by atoms with Gasteiger partial charge >= 0.3 is 0 Å². The molecule has 4 aromatic rings. The molecule has 0 aliphatic rings. The average molecular weight is 328 g/mol. The van der Waals surface area contributed by atoms with Gasteiger partial charge in [0, 0.05) is 17.7 Å². The van der Waals surface area contributed by atoms with Crippen LogP contribution in [0.2, 0.25) is 0 Å². The molecule has 0 amide bonds. The van der Waals surface area contributed by atoms with E-state index in [4.69, 9.17) is 0 Å². The number of para-hydroxylation sites is 2. The smallest absolute Gasteiger partial charge is 0.194 e. The Morgan fingerprint density at radius 3 is 1.56 bits per heavy atom. The molecule has 1 heterocycles. The van der Waals surface area contributed by atoms with Gasteiger partial charge in [0.2, 0.25) is 11.0 Å². The number of aromatic nitrogens is 1. The molecule has 1 nitrogen and oxygen atoms in total. The number of fused-ring (bicyclic) bond motifs is 2. The molecule has 25 heavy (non-hydrogen) atoms. The highest BCUT2D eigenvalue weighted by Gasteiger charge is 2.20. The van der Waals surface area contributed by atoms with E-state index in [1.807, 2.05) is 0 Å². The van der Waals surface area contributed by atoms with Crippen molar-refractivity contribution in [2.75, 3.05) is 0 Å². The molecule has 0 saturated heterocycles. The van der Waals surface area contributed by atoms with Gasteiger partial charge < -0.3 is 0 Å². The maximum atomic E-state index is 2.30.